The lowest BCUT2D eigenvalue weighted by Gasteiger charge is -2.36. The van der Waals surface area contributed by atoms with Crippen molar-refractivity contribution in [2.75, 3.05) is 48.4 Å². The third-order valence-electron chi connectivity index (χ3n) is 5.37. The van der Waals surface area contributed by atoms with Crippen LogP contribution in [0.4, 0.5) is 23.1 Å². The number of methoxy groups -OCH3 is 1. The van der Waals surface area contributed by atoms with E-state index < -0.39 is 0 Å². The Morgan fingerprint density at radius 1 is 0.862 bits per heavy atom. The molecule has 1 aliphatic heterocycles. The van der Waals surface area contributed by atoms with E-state index in [1.807, 2.05) is 24.4 Å². The molecule has 150 valence electrons. The van der Waals surface area contributed by atoms with Gasteiger partial charge in [0, 0.05) is 38.1 Å². The molecule has 1 saturated heterocycles. The van der Waals surface area contributed by atoms with Crippen LogP contribution in [0.15, 0.2) is 54.7 Å². The Morgan fingerprint density at radius 2 is 1.55 bits per heavy atom. The number of piperazine rings is 1. The van der Waals surface area contributed by atoms with Gasteiger partial charge in [-0.2, -0.15) is 4.98 Å². The summed E-state index contributed by atoms with van der Waals surface area (Å²) in [5, 5.41) is 3.46. The van der Waals surface area contributed by atoms with Crippen molar-refractivity contribution in [2.24, 2.45) is 0 Å². The average Bonchev–Trinajstić information content (AvgIpc) is 2.77. The van der Waals surface area contributed by atoms with Crippen molar-refractivity contribution in [1.82, 2.24) is 9.97 Å². The Kier molecular flexibility index (Phi) is 5.51. The molecule has 0 bridgehead atoms. The highest BCUT2D eigenvalue weighted by Crippen LogP contribution is 2.29. The number of aryl methyl sites for hydroxylation is 2. The zero-order valence-corrected chi connectivity index (χ0v) is 17.2. The van der Waals surface area contributed by atoms with Gasteiger partial charge in [-0.25, -0.2) is 4.98 Å². The topological polar surface area (TPSA) is 53.5 Å². The maximum absolute atomic E-state index is 5.51. The van der Waals surface area contributed by atoms with Crippen molar-refractivity contribution >= 4 is 23.1 Å². The average molecular weight is 390 g/mol. The van der Waals surface area contributed by atoms with Crippen LogP contribution in [0, 0.1) is 13.8 Å². The standard InChI is InChI=1S/C23H27N5O/c1-17-7-6-8-18(2)22(17)25-21-11-12-24-23(26-21)28-15-13-27(14-16-28)19-9-4-5-10-20(19)29-3/h4-12H,13-16H2,1-3H3,(H,24,25,26). The number of ether oxygens (including phenoxy) is 1. The van der Waals surface area contributed by atoms with Crippen molar-refractivity contribution in [3.05, 3.63) is 65.9 Å². The molecule has 0 aliphatic carbocycles. The predicted octanol–water partition coefficient (Wildman–Crippen LogP) is 4.17. The van der Waals surface area contributed by atoms with E-state index in [-0.39, 0.29) is 0 Å². The van der Waals surface area contributed by atoms with Crippen LogP contribution in [0.1, 0.15) is 11.1 Å². The second kappa shape index (κ2) is 8.39. The van der Waals surface area contributed by atoms with Gasteiger partial charge in [0.15, 0.2) is 0 Å². The molecule has 29 heavy (non-hydrogen) atoms. The molecule has 0 saturated carbocycles. The molecule has 6 nitrogen and oxygen atoms in total. The third-order valence-corrected chi connectivity index (χ3v) is 5.37. The first kappa shape index (κ1) is 19.1. The van der Waals surface area contributed by atoms with Crippen LogP contribution >= 0.6 is 0 Å². The van der Waals surface area contributed by atoms with Crippen LogP contribution in [0.2, 0.25) is 0 Å². The molecule has 0 unspecified atom stereocenters. The van der Waals surface area contributed by atoms with Gasteiger partial charge in [-0.05, 0) is 43.2 Å². The molecule has 2 heterocycles. The van der Waals surface area contributed by atoms with Crippen molar-refractivity contribution in [3.63, 3.8) is 0 Å². The van der Waals surface area contributed by atoms with Gasteiger partial charge in [0.1, 0.15) is 11.6 Å². The Bertz CT molecular complexity index is 962. The summed E-state index contributed by atoms with van der Waals surface area (Å²) < 4.78 is 5.51. The van der Waals surface area contributed by atoms with Crippen molar-refractivity contribution in [1.29, 1.82) is 0 Å². The zero-order valence-electron chi connectivity index (χ0n) is 17.2. The van der Waals surface area contributed by atoms with Gasteiger partial charge in [0.05, 0.1) is 12.8 Å². The molecule has 1 N–H and O–H groups in total. The number of rotatable bonds is 5. The molecule has 0 radical (unpaired) electrons. The molecule has 6 heteroatoms. The molecule has 3 aromatic rings. The lowest BCUT2D eigenvalue weighted by atomic mass is 10.1. The van der Waals surface area contributed by atoms with Gasteiger partial charge in [0.25, 0.3) is 0 Å². The highest BCUT2D eigenvalue weighted by Gasteiger charge is 2.21. The highest BCUT2D eigenvalue weighted by molar-refractivity contribution is 5.65. The predicted molar refractivity (Wildman–Crippen MR) is 119 cm³/mol. The van der Waals surface area contributed by atoms with E-state index in [9.17, 15) is 0 Å². The van der Waals surface area contributed by atoms with Gasteiger partial charge in [-0.1, -0.05) is 30.3 Å². The SMILES string of the molecule is COc1ccccc1N1CCN(c2nccc(Nc3c(C)cccc3C)n2)CC1. The van der Waals surface area contributed by atoms with E-state index in [2.05, 4.69) is 64.3 Å². The van der Waals surface area contributed by atoms with Crippen LogP contribution in [-0.4, -0.2) is 43.3 Å². The summed E-state index contributed by atoms with van der Waals surface area (Å²) in [6.45, 7) is 7.75. The molecule has 0 amide bonds. The summed E-state index contributed by atoms with van der Waals surface area (Å²) in [5.74, 6) is 2.50. The number of nitrogens with zero attached hydrogens (tertiary/aromatic N) is 4. The third kappa shape index (κ3) is 4.11. The quantitative estimate of drug-likeness (QED) is 0.707. The first-order valence-corrected chi connectivity index (χ1v) is 9.95. The first-order valence-electron chi connectivity index (χ1n) is 9.95. The fourth-order valence-electron chi connectivity index (χ4n) is 3.75. The summed E-state index contributed by atoms with van der Waals surface area (Å²) in [6, 6.07) is 16.4. The molecule has 4 rings (SSSR count). The maximum atomic E-state index is 5.51. The summed E-state index contributed by atoms with van der Waals surface area (Å²) >= 11 is 0. The van der Waals surface area contributed by atoms with Crippen molar-refractivity contribution in [2.45, 2.75) is 13.8 Å². The van der Waals surface area contributed by atoms with Gasteiger partial charge in [-0.3, -0.25) is 0 Å². The summed E-state index contributed by atoms with van der Waals surface area (Å²) in [6.07, 6.45) is 1.82. The van der Waals surface area contributed by atoms with Gasteiger partial charge in [0.2, 0.25) is 5.95 Å². The number of nitrogens with one attached hydrogen (secondary N) is 1. The molecule has 2 aromatic carbocycles. The zero-order chi connectivity index (χ0) is 20.2. The van der Waals surface area contributed by atoms with Crippen molar-refractivity contribution in [3.8, 4) is 5.75 Å². The van der Waals surface area contributed by atoms with E-state index in [0.29, 0.717) is 0 Å². The number of aromatic nitrogens is 2. The van der Waals surface area contributed by atoms with Crippen LogP contribution in [0.5, 0.6) is 5.75 Å². The van der Waals surface area contributed by atoms with E-state index in [4.69, 9.17) is 9.72 Å². The smallest absolute Gasteiger partial charge is 0.227 e. The minimum atomic E-state index is 0.765. The lowest BCUT2D eigenvalue weighted by Crippen LogP contribution is -2.47. The molecule has 1 aliphatic rings. The Labute approximate surface area is 172 Å². The normalized spacial score (nSPS) is 14.0. The van der Waals surface area contributed by atoms with Crippen molar-refractivity contribution < 1.29 is 4.74 Å². The van der Waals surface area contributed by atoms with Gasteiger partial charge >= 0.3 is 0 Å². The molecule has 0 spiro atoms. The largest absolute Gasteiger partial charge is 0.495 e. The molecular weight excluding hydrogens is 362 g/mol. The molecule has 1 aromatic heterocycles. The number of hydrogen-bond acceptors (Lipinski definition) is 6. The Morgan fingerprint density at radius 3 is 2.28 bits per heavy atom. The van der Waals surface area contributed by atoms with E-state index >= 15 is 0 Å². The van der Waals surface area contributed by atoms with Gasteiger partial charge < -0.3 is 19.9 Å². The summed E-state index contributed by atoms with van der Waals surface area (Å²) in [4.78, 5) is 13.9. The second-order valence-corrected chi connectivity index (χ2v) is 7.28. The summed E-state index contributed by atoms with van der Waals surface area (Å²) in [5.41, 5.74) is 4.66. The number of anilines is 4. The van der Waals surface area contributed by atoms with Gasteiger partial charge in [-0.15, -0.1) is 0 Å². The number of hydrogen-bond donors (Lipinski definition) is 1. The number of para-hydroxylation sites is 3. The maximum Gasteiger partial charge on any atom is 0.227 e. The minimum Gasteiger partial charge on any atom is -0.495 e. The highest BCUT2D eigenvalue weighted by atomic mass is 16.5. The second-order valence-electron chi connectivity index (χ2n) is 7.28. The fourth-order valence-corrected chi connectivity index (χ4v) is 3.75. The first-order chi connectivity index (χ1) is 14.2. The van der Waals surface area contributed by atoms with Crippen LogP contribution in [0.25, 0.3) is 0 Å². The van der Waals surface area contributed by atoms with E-state index in [1.165, 1.54) is 11.1 Å². The lowest BCUT2D eigenvalue weighted by molar-refractivity contribution is 0.413. The molecule has 0 atom stereocenters. The van der Waals surface area contributed by atoms with E-state index in [1.54, 1.807) is 7.11 Å². The molecular formula is C23H27N5O. The van der Waals surface area contributed by atoms with Crippen LogP contribution < -0.4 is 19.9 Å². The Hall–Kier alpha value is -3.28. The monoisotopic (exact) mass is 389 g/mol. The van der Waals surface area contributed by atoms with E-state index in [0.717, 1.165) is 55.1 Å². The minimum absolute atomic E-state index is 0.765. The fraction of sp³-hybridized carbons (Fsp3) is 0.304. The summed E-state index contributed by atoms with van der Waals surface area (Å²) in [7, 11) is 1.72. The molecule has 1 fully saturated rings. The van der Waals surface area contributed by atoms with Crippen LogP contribution in [0.3, 0.4) is 0 Å². The number of benzene rings is 2. The van der Waals surface area contributed by atoms with Crippen LogP contribution in [-0.2, 0) is 0 Å². The Balaban J connectivity index is 1.46.